The highest BCUT2D eigenvalue weighted by Gasteiger charge is 2.20. The van der Waals surface area contributed by atoms with Crippen molar-refractivity contribution >= 4 is 42.1 Å². The van der Waals surface area contributed by atoms with Gasteiger partial charge in [-0.05, 0) is 37.2 Å². The van der Waals surface area contributed by atoms with Crippen LogP contribution < -0.4 is 5.32 Å². The Morgan fingerprint density at radius 3 is 2.65 bits per heavy atom. The maximum absolute atomic E-state index is 12.9. The fourth-order valence-corrected chi connectivity index (χ4v) is 3.11. The van der Waals surface area contributed by atoms with Crippen LogP contribution in [-0.4, -0.2) is 42.0 Å². The minimum absolute atomic E-state index is 0. The van der Waals surface area contributed by atoms with Gasteiger partial charge < -0.3 is 10.2 Å². The Bertz CT molecular complexity index is 628. The summed E-state index contributed by atoms with van der Waals surface area (Å²) in [5.41, 5.74) is 1.30. The number of thiazole rings is 1. The van der Waals surface area contributed by atoms with Gasteiger partial charge in [-0.1, -0.05) is 0 Å². The summed E-state index contributed by atoms with van der Waals surface area (Å²) >= 11 is 1.41. The highest BCUT2D eigenvalue weighted by molar-refractivity contribution is 7.13. The molecule has 1 N–H and O–H groups in total. The molecule has 0 aliphatic carbocycles. The first-order chi connectivity index (χ1) is 10.2. The molecule has 23 heavy (non-hydrogen) atoms. The zero-order valence-corrected chi connectivity index (χ0v) is 14.8. The van der Waals surface area contributed by atoms with Gasteiger partial charge in [0.15, 0.2) is 0 Å². The van der Waals surface area contributed by atoms with Gasteiger partial charge in [0, 0.05) is 30.6 Å². The lowest BCUT2D eigenvalue weighted by Crippen LogP contribution is -2.34. The lowest BCUT2D eigenvalue weighted by molar-refractivity contribution is 0.0761. The van der Waals surface area contributed by atoms with E-state index in [-0.39, 0.29) is 36.5 Å². The van der Waals surface area contributed by atoms with Crippen molar-refractivity contribution in [3.63, 3.8) is 0 Å². The number of amides is 1. The molecule has 4 nitrogen and oxygen atoms in total. The second kappa shape index (κ2) is 9.17. The highest BCUT2D eigenvalue weighted by atomic mass is 35.5. The Morgan fingerprint density at radius 2 is 1.91 bits per heavy atom. The summed E-state index contributed by atoms with van der Waals surface area (Å²) in [6, 6.07) is 6.16. The number of nitrogens with zero attached hydrogens (tertiary/aromatic N) is 2. The number of benzene rings is 1. The van der Waals surface area contributed by atoms with E-state index in [0.29, 0.717) is 12.2 Å². The van der Waals surface area contributed by atoms with Crippen LogP contribution in [0, 0.1) is 5.82 Å². The van der Waals surface area contributed by atoms with Crippen molar-refractivity contribution in [3.8, 4) is 10.6 Å². The third-order valence-electron chi connectivity index (χ3n) is 3.44. The van der Waals surface area contributed by atoms with E-state index in [1.807, 2.05) is 4.90 Å². The predicted octanol–water partition coefficient (Wildman–Crippen LogP) is 3.23. The van der Waals surface area contributed by atoms with E-state index in [0.717, 1.165) is 36.6 Å². The van der Waals surface area contributed by atoms with Crippen molar-refractivity contribution in [2.24, 2.45) is 0 Å². The molecular weight excluding hydrogens is 360 g/mol. The van der Waals surface area contributed by atoms with Crippen molar-refractivity contribution < 1.29 is 9.18 Å². The van der Waals surface area contributed by atoms with Crippen molar-refractivity contribution in [3.05, 3.63) is 41.2 Å². The van der Waals surface area contributed by atoms with Crippen molar-refractivity contribution in [1.82, 2.24) is 15.2 Å². The second-order valence-corrected chi connectivity index (χ2v) is 5.80. The highest BCUT2D eigenvalue weighted by Crippen LogP contribution is 2.24. The molecule has 0 unspecified atom stereocenters. The molecule has 1 fully saturated rings. The van der Waals surface area contributed by atoms with Gasteiger partial charge in [-0.3, -0.25) is 4.79 Å². The number of nitrogens with one attached hydrogen (secondary N) is 1. The molecule has 1 aromatic carbocycles. The molecule has 0 spiro atoms. The quantitative estimate of drug-likeness (QED) is 0.873. The van der Waals surface area contributed by atoms with Crippen LogP contribution in [0.5, 0.6) is 0 Å². The standard InChI is InChI=1S/C15H16FN3OS.2ClH/c16-12-4-2-11(3-5-12)14-18-13(10-21-14)15(20)19-8-1-6-17-7-9-19;;/h2-5,10,17H,1,6-9H2;2*1H. The summed E-state index contributed by atoms with van der Waals surface area (Å²) < 4.78 is 12.9. The first kappa shape index (κ1) is 19.8. The topological polar surface area (TPSA) is 45.2 Å². The minimum atomic E-state index is -0.274. The third-order valence-corrected chi connectivity index (χ3v) is 4.33. The lowest BCUT2D eigenvalue weighted by atomic mass is 10.2. The normalized spacial score (nSPS) is 14.4. The molecule has 0 radical (unpaired) electrons. The first-order valence-electron chi connectivity index (χ1n) is 6.95. The molecular formula is C15H18Cl2FN3OS. The van der Waals surface area contributed by atoms with Crippen LogP contribution in [0.4, 0.5) is 4.39 Å². The molecule has 1 saturated heterocycles. The predicted molar refractivity (Wildman–Crippen MR) is 95.4 cm³/mol. The van der Waals surface area contributed by atoms with Gasteiger partial charge in [0.1, 0.15) is 16.5 Å². The number of aromatic nitrogens is 1. The molecule has 2 heterocycles. The van der Waals surface area contributed by atoms with Gasteiger partial charge in [0.2, 0.25) is 0 Å². The van der Waals surface area contributed by atoms with Crippen LogP contribution in [0.2, 0.25) is 0 Å². The van der Waals surface area contributed by atoms with Crippen LogP contribution in [-0.2, 0) is 0 Å². The first-order valence-corrected chi connectivity index (χ1v) is 7.83. The zero-order chi connectivity index (χ0) is 14.7. The summed E-state index contributed by atoms with van der Waals surface area (Å²) in [6.07, 6.45) is 0.959. The maximum Gasteiger partial charge on any atom is 0.273 e. The molecule has 0 saturated carbocycles. The van der Waals surface area contributed by atoms with Crippen molar-refractivity contribution in [2.75, 3.05) is 26.2 Å². The Kier molecular flexibility index (Phi) is 7.91. The van der Waals surface area contributed by atoms with Gasteiger partial charge in [0.25, 0.3) is 5.91 Å². The molecule has 1 aliphatic heterocycles. The largest absolute Gasteiger partial charge is 0.336 e. The molecule has 8 heteroatoms. The average molecular weight is 378 g/mol. The number of hydrogen-bond acceptors (Lipinski definition) is 4. The zero-order valence-electron chi connectivity index (χ0n) is 12.3. The van der Waals surface area contributed by atoms with E-state index in [9.17, 15) is 9.18 Å². The monoisotopic (exact) mass is 377 g/mol. The molecule has 0 atom stereocenters. The van der Waals surface area contributed by atoms with Gasteiger partial charge in [0.05, 0.1) is 0 Å². The van der Waals surface area contributed by atoms with Crippen LogP contribution in [0.3, 0.4) is 0 Å². The summed E-state index contributed by atoms with van der Waals surface area (Å²) in [4.78, 5) is 18.7. The Hall–Kier alpha value is -1.21. The summed E-state index contributed by atoms with van der Waals surface area (Å²) in [5.74, 6) is -0.299. The average Bonchev–Trinajstić information content (AvgIpc) is 2.83. The van der Waals surface area contributed by atoms with Crippen molar-refractivity contribution in [2.45, 2.75) is 6.42 Å². The molecule has 2 aromatic rings. The number of rotatable bonds is 2. The molecule has 126 valence electrons. The summed E-state index contributed by atoms with van der Waals surface area (Å²) in [5, 5.41) is 5.79. The fraction of sp³-hybridized carbons (Fsp3) is 0.333. The number of hydrogen-bond donors (Lipinski definition) is 1. The fourth-order valence-electron chi connectivity index (χ4n) is 2.31. The van der Waals surface area contributed by atoms with Crippen molar-refractivity contribution in [1.29, 1.82) is 0 Å². The lowest BCUT2D eigenvalue weighted by Gasteiger charge is -2.18. The van der Waals surface area contributed by atoms with Crippen LogP contribution in [0.15, 0.2) is 29.6 Å². The molecule has 1 aliphatic rings. The minimum Gasteiger partial charge on any atom is -0.336 e. The Labute approximate surface area is 150 Å². The van der Waals surface area contributed by atoms with E-state index in [4.69, 9.17) is 0 Å². The van der Waals surface area contributed by atoms with Gasteiger partial charge in [-0.2, -0.15) is 0 Å². The smallest absolute Gasteiger partial charge is 0.273 e. The van der Waals surface area contributed by atoms with E-state index in [1.165, 1.54) is 23.5 Å². The van der Waals surface area contributed by atoms with E-state index < -0.39 is 0 Å². The number of carbonyl (C=O) groups is 1. The third kappa shape index (κ3) is 4.88. The van der Waals surface area contributed by atoms with E-state index in [1.54, 1.807) is 17.5 Å². The second-order valence-electron chi connectivity index (χ2n) is 4.94. The van der Waals surface area contributed by atoms with Gasteiger partial charge in [-0.25, -0.2) is 9.37 Å². The van der Waals surface area contributed by atoms with Crippen LogP contribution in [0.1, 0.15) is 16.9 Å². The van der Waals surface area contributed by atoms with Crippen LogP contribution >= 0.6 is 36.2 Å². The summed E-state index contributed by atoms with van der Waals surface area (Å²) in [7, 11) is 0. The van der Waals surface area contributed by atoms with E-state index in [2.05, 4.69) is 10.3 Å². The molecule has 1 amide bonds. The van der Waals surface area contributed by atoms with Gasteiger partial charge >= 0.3 is 0 Å². The maximum atomic E-state index is 12.9. The van der Waals surface area contributed by atoms with Crippen LogP contribution in [0.25, 0.3) is 10.6 Å². The molecule has 1 aromatic heterocycles. The molecule has 0 bridgehead atoms. The number of carbonyl (C=O) groups excluding carboxylic acids is 1. The van der Waals surface area contributed by atoms with Gasteiger partial charge in [-0.15, -0.1) is 36.2 Å². The molecule has 3 rings (SSSR count). The Morgan fingerprint density at radius 1 is 1.17 bits per heavy atom. The number of halogens is 3. The SMILES string of the molecule is Cl.Cl.O=C(c1csc(-c2ccc(F)cc2)n1)N1CCCNCC1. The summed E-state index contributed by atoms with van der Waals surface area (Å²) in [6.45, 7) is 3.24. The van der Waals surface area contributed by atoms with E-state index >= 15 is 0 Å². The Balaban J connectivity index is 0.00000132.